The predicted octanol–water partition coefficient (Wildman–Crippen LogP) is 3.34. The van der Waals surface area contributed by atoms with Crippen molar-refractivity contribution < 1.29 is 4.74 Å². The summed E-state index contributed by atoms with van der Waals surface area (Å²) in [7, 11) is 1.71. The fraction of sp³-hybridized carbons (Fsp3) is 0.467. The average molecular weight is 233 g/mol. The normalized spacial score (nSPS) is 11.9. The molecular weight excluding hydrogens is 210 g/mol. The van der Waals surface area contributed by atoms with Crippen molar-refractivity contribution in [2.75, 3.05) is 20.2 Å². The highest BCUT2D eigenvalue weighted by molar-refractivity contribution is 5.60. The van der Waals surface area contributed by atoms with Crippen LogP contribution >= 0.6 is 0 Å². The van der Waals surface area contributed by atoms with Gasteiger partial charge in [0.1, 0.15) is 5.75 Å². The monoisotopic (exact) mass is 233 g/mol. The second kappa shape index (κ2) is 7.13. The van der Waals surface area contributed by atoms with Crippen molar-refractivity contribution in [2.45, 2.75) is 20.8 Å². The molecule has 0 amide bonds. The molecule has 0 fully saturated rings. The lowest BCUT2D eigenvalue weighted by Gasteiger charge is -2.13. The van der Waals surface area contributed by atoms with Crippen molar-refractivity contribution in [2.24, 2.45) is 5.92 Å². The van der Waals surface area contributed by atoms with E-state index in [1.165, 1.54) is 5.57 Å². The van der Waals surface area contributed by atoms with Gasteiger partial charge in [-0.3, -0.25) is 0 Å². The minimum Gasteiger partial charge on any atom is -0.496 e. The molecule has 17 heavy (non-hydrogen) atoms. The summed E-state index contributed by atoms with van der Waals surface area (Å²) in [5.41, 5.74) is 2.55. The lowest BCUT2D eigenvalue weighted by molar-refractivity contribution is 0.414. The van der Waals surface area contributed by atoms with E-state index in [-0.39, 0.29) is 0 Å². The van der Waals surface area contributed by atoms with Crippen molar-refractivity contribution in [1.82, 2.24) is 5.32 Å². The van der Waals surface area contributed by atoms with Gasteiger partial charge in [0.25, 0.3) is 0 Å². The number of rotatable bonds is 6. The third-order valence-corrected chi connectivity index (χ3v) is 2.80. The number of nitrogens with one attached hydrogen (secondary N) is 1. The Kier molecular flexibility index (Phi) is 5.78. The molecule has 0 aromatic heterocycles. The van der Waals surface area contributed by atoms with Gasteiger partial charge in [0, 0.05) is 12.1 Å². The molecule has 2 nitrogen and oxygen atoms in total. The molecule has 0 radical (unpaired) electrons. The lowest BCUT2D eigenvalue weighted by Crippen LogP contribution is -2.18. The highest BCUT2D eigenvalue weighted by Gasteiger charge is 2.05. The number of benzene rings is 1. The summed E-state index contributed by atoms with van der Waals surface area (Å²) in [6.45, 7) is 8.50. The molecule has 94 valence electrons. The Morgan fingerprint density at radius 1 is 1.35 bits per heavy atom. The van der Waals surface area contributed by atoms with E-state index in [0.29, 0.717) is 5.92 Å². The van der Waals surface area contributed by atoms with Crippen molar-refractivity contribution in [3.05, 3.63) is 35.4 Å². The van der Waals surface area contributed by atoms with Crippen LogP contribution in [0.25, 0.3) is 6.08 Å². The van der Waals surface area contributed by atoms with E-state index in [0.717, 1.165) is 24.4 Å². The van der Waals surface area contributed by atoms with Gasteiger partial charge in [0.05, 0.1) is 7.11 Å². The summed E-state index contributed by atoms with van der Waals surface area (Å²) in [6, 6.07) is 8.12. The molecule has 0 atom stereocenters. The van der Waals surface area contributed by atoms with Gasteiger partial charge in [-0.1, -0.05) is 50.6 Å². The van der Waals surface area contributed by atoms with E-state index in [2.05, 4.69) is 38.2 Å². The van der Waals surface area contributed by atoms with Crippen LogP contribution in [-0.4, -0.2) is 20.2 Å². The van der Waals surface area contributed by atoms with Crippen LogP contribution in [0.3, 0.4) is 0 Å². The van der Waals surface area contributed by atoms with E-state index in [9.17, 15) is 0 Å². The molecule has 0 spiro atoms. The zero-order chi connectivity index (χ0) is 12.7. The largest absolute Gasteiger partial charge is 0.496 e. The van der Waals surface area contributed by atoms with Gasteiger partial charge in [-0.05, 0) is 18.5 Å². The van der Waals surface area contributed by atoms with Gasteiger partial charge in [-0.15, -0.1) is 0 Å². The predicted molar refractivity (Wildman–Crippen MR) is 74.4 cm³/mol. The third kappa shape index (κ3) is 4.23. The second-order valence-electron chi connectivity index (χ2n) is 4.40. The Morgan fingerprint density at radius 3 is 2.65 bits per heavy atom. The molecule has 0 unspecified atom stereocenters. The number of likely N-dealkylation sites (N-methyl/N-ethyl adjacent to an activating group) is 1. The van der Waals surface area contributed by atoms with Crippen molar-refractivity contribution in [3.8, 4) is 5.75 Å². The van der Waals surface area contributed by atoms with Crippen molar-refractivity contribution in [1.29, 1.82) is 0 Å². The molecule has 2 heteroatoms. The summed E-state index contributed by atoms with van der Waals surface area (Å²) in [6.07, 6.45) is 2.23. The lowest BCUT2D eigenvalue weighted by atomic mass is 10.00. The van der Waals surface area contributed by atoms with E-state index in [4.69, 9.17) is 4.74 Å². The van der Waals surface area contributed by atoms with Crippen LogP contribution < -0.4 is 10.1 Å². The first-order valence-corrected chi connectivity index (χ1v) is 6.23. The molecule has 0 aliphatic carbocycles. The molecule has 1 N–H and O–H groups in total. The number of ether oxygens (including phenoxy) is 1. The van der Waals surface area contributed by atoms with E-state index in [1.54, 1.807) is 7.11 Å². The Hall–Kier alpha value is -1.28. The van der Waals surface area contributed by atoms with Crippen LogP contribution in [0.4, 0.5) is 0 Å². The topological polar surface area (TPSA) is 21.3 Å². The molecule has 1 rings (SSSR count). The van der Waals surface area contributed by atoms with Crippen LogP contribution in [0.1, 0.15) is 26.3 Å². The number of hydrogen-bond donors (Lipinski definition) is 1. The fourth-order valence-electron chi connectivity index (χ4n) is 1.68. The molecular formula is C15H23NO. The second-order valence-corrected chi connectivity index (χ2v) is 4.40. The summed E-state index contributed by atoms with van der Waals surface area (Å²) in [4.78, 5) is 0. The maximum absolute atomic E-state index is 5.37. The molecule has 0 saturated carbocycles. The quantitative estimate of drug-likeness (QED) is 0.813. The highest BCUT2D eigenvalue weighted by atomic mass is 16.5. The fourth-order valence-corrected chi connectivity index (χ4v) is 1.68. The Morgan fingerprint density at radius 2 is 2.06 bits per heavy atom. The first-order valence-electron chi connectivity index (χ1n) is 6.23. The molecule has 0 aliphatic rings. The van der Waals surface area contributed by atoms with Gasteiger partial charge >= 0.3 is 0 Å². The zero-order valence-electron chi connectivity index (χ0n) is 11.3. The van der Waals surface area contributed by atoms with Gasteiger partial charge < -0.3 is 10.1 Å². The minimum atomic E-state index is 0.541. The van der Waals surface area contributed by atoms with Crippen LogP contribution in [0.5, 0.6) is 5.75 Å². The Balaban J connectivity index is 2.95. The first kappa shape index (κ1) is 13.8. The molecule has 0 bridgehead atoms. The highest BCUT2D eigenvalue weighted by Crippen LogP contribution is 2.22. The number of methoxy groups -OCH3 is 1. The Labute approximate surface area is 105 Å². The van der Waals surface area contributed by atoms with Gasteiger partial charge in [0.15, 0.2) is 0 Å². The standard InChI is InChI=1S/C15H23NO/c1-5-16-11-14(12(2)3)10-13-8-6-7-9-15(13)17-4/h6-10,12,16H,5,11H2,1-4H3. The van der Waals surface area contributed by atoms with Crippen molar-refractivity contribution in [3.63, 3.8) is 0 Å². The summed E-state index contributed by atoms with van der Waals surface area (Å²) < 4.78 is 5.37. The summed E-state index contributed by atoms with van der Waals surface area (Å²) in [5.74, 6) is 1.47. The molecule has 1 aromatic rings. The SMILES string of the molecule is CCNCC(=Cc1ccccc1OC)C(C)C. The van der Waals surface area contributed by atoms with Gasteiger partial charge in [-0.2, -0.15) is 0 Å². The zero-order valence-corrected chi connectivity index (χ0v) is 11.3. The minimum absolute atomic E-state index is 0.541. The van der Waals surface area contributed by atoms with E-state index >= 15 is 0 Å². The Bertz CT molecular complexity index is 369. The summed E-state index contributed by atoms with van der Waals surface area (Å²) >= 11 is 0. The smallest absolute Gasteiger partial charge is 0.126 e. The number of hydrogen-bond acceptors (Lipinski definition) is 2. The average Bonchev–Trinajstić information content (AvgIpc) is 2.34. The summed E-state index contributed by atoms with van der Waals surface area (Å²) in [5, 5.41) is 3.38. The maximum atomic E-state index is 5.37. The molecule has 0 heterocycles. The van der Waals surface area contributed by atoms with Crippen LogP contribution in [0, 0.1) is 5.92 Å². The van der Waals surface area contributed by atoms with E-state index < -0.39 is 0 Å². The van der Waals surface area contributed by atoms with Crippen LogP contribution in [0.2, 0.25) is 0 Å². The van der Waals surface area contributed by atoms with E-state index in [1.807, 2.05) is 18.2 Å². The number of para-hydroxylation sites is 1. The van der Waals surface area contributed by atoms with Crippen LogP contribution in [0.15, 0.2) is 29.8 Å². The molecule has 0 saturated heterocycles. The van der Waals surface area contributed by atoms with Gasteiger partial charge in [0.2, 0.25) is 0 Å². The third-order valence-electron chi connectivity index (χ3n) is 2.80. The molecule has 0 aliphatic heterocycles. The van der Waals surface area contributed by atoms with Gasteiger partial charge in [-0.25, -0.2) is 0 Å². The van der Waals surface area contributed by atoms with Crippen molar-refractivity contribution >= 4 is 6.08 Å². The first-order chi connectivity index (χ1) is 8.19. The van der Waals surface area contributed by atoms with Crippen LogP contribution in [-0.2, 0) is 0 Å². The maximum Gasteiger partial charge on any atom is 0.126 e. The molecule has 1 aromatic carbocycles.